The molecule has 2 heterocycles. The average Bonchev–Trinajstić information content (AvgIpc) is 3.05. The first-order valence-electron chi connectivity index (χ1n) is 7.99. The van der Waals surface area contributed by atoms with Gasteiger partial charge in [-0.1, -0.05) is 51.4 Å². The molecule has 122 valence electrons. The molecule has 3 aromatic rings. The van der Waals surface area contributed by atoms with Gasteiger partial charge in [-0.15, -0.1) is 0 Å². The van der Waals surface area contributed by atoms with Crippen molar-refractivity contribution in [3.8, 4) is 0 Å². The van der Waals surface area contributed by atoms with Crippen LogP contribution in [0.15, 0.2) is 46.9 Å². The highest BCUT2D eigenvalue weighted by Crippen LogP contribution is 2.37. The minimum Gasteiger partial charge on any atom is -0.346 e. The fourth-order valence-corrected chi connectivity index (χ4v) is 3.65. The molecule has 1 aromatic heterocycles. The summed E-state index contributed by atoms with van der Waals surface area (Å²) in [5, 5.41) is 15.7. The molecule has 4 rings (SSSR count). The molecular formula is C18H18BrN5. The van der Waals surface area contributed by atoms with Crippen LogP contribution in [0.3, 0.4) is 0 Å². The van der Waals surface area contributed by atoms with E-state index in [1.165, 1.54) is 22.3 Å². The summed E-state index contributed by atoms with van der Waals surface area (Å²) in [6, 6.07) is 15.3. The largest absolute Gasteiger partial charge is 0.346 e. The Bertz CT molecular complexity index is 889. The first kappa shape index (κ1) is 15.3. The molecule has 0 amide bonds. The van der Waals surface area contributed by atoms with Crippen molar-refractivity contribution in [1.82, 2.24) is 20.2 Å². The van der Waals surface area contributed by atoms with Crippen LogP contribution in [0.1, 0.15) is 40.8 Å². The van der Waals surface area contributed by atoms with Crippen molar-refractivity contribution in [2.75, 3.05) is 5.32 Å². The number of aryl methyl sites for hydroxylation is 2. The Kier molecular flexibility index (Phi) is 3.84. The van der Waals surface area contributed by atoms with E-state index in [1.54, 1.807) is 0 Å². The molecule has 0 saturated carbocycles. The van der Waals surface area contributed by atoms with Crippen LogP contribution in [0, 0.1) is 13.8 Å². The highest BCUT2D eigenvalue weighted by molar-refractivity contribution is 9.10. The molecule has 0 fully saturated rings. The van der Waals surface area contributed by atoms with Crippen LogP contribution in [0.2, 0.25) is 0 Å². The Labute approximate surface area is 149 Å². The molecule has 0 spiro atoms. The van der Waals surface area contributed by atoms with E-state index in [4.69, 9.17) is 0 Å². The number of benzene rings is 2. The van der Waals surface area contributed by atoms with Crippen molar-refractivity contribution < 1.29 is 0 Å². The van der Waals surface area contributed by atoms with Gasteiger partial charge in [0.2, 0.25) is 5.95 Å². The van der Waals surface area contributed by atoms with Gasteiger partial charge in [0.15, 0.2) is 0 Å². The van der Waals surface area contributed by atoms with E-state index in [1.807, 2.05) is 10.7 Å². The molecule has 0 unspecified atom stereocenters. The van der Waals surface area contributed by atoms with E-state index in [0.29, 0.717) is 0 Å². The fraction of sp³-hybridized carbons (Fsp3) is 0.278. The Morgan fingerprint density at radius 1 is 1.08 bits per heavy atom. The highest BCUT2D eigenvalue weighted by atomic mass is 79.9. The van der Waals surface area contributed by atoms with E-state index in [9.17, 15) is 0 Å². The van der Waals surface area contributed by atoms with Gasteiger partial charge in [0.1, 0.15) is 0 Å². The SMILES string of the molecule is Cc1ccc([C@@H]2C[C@H](c3cccc(Br)c3)n3nnnc3N2)cc1C. The molecule has 6 heteroatoms. The number of anilines is 1. The second kappa shape index (κ2) is 6.02. The van der Waals surface area contributed by atoms with Gasteiger partial charge in [0.25, 0.3) is 0 Å². The summed E-state index contributed by atoms with van der Waals surface area (Å²) in [6.45, 7) is 4.29. The smallest absolute Gasteiger partial charge is 0.243 e. The second-order valence-electron chi connectivity index (χ2n) is 6.29. The molecule has 1 aliphatic rings. The molecule has 2 aromatic carbocycles. The summed E-state index contributed by atoms with van der Waals surface area (Å²) in [7, 11) is 0. The van der Waals surface area contributed by atoms with Crippen LogP contribution in [0.25, 0.3) is 0 Å². The van der Waals surface area contributed by atoms with Gasteiger partial charge in [-0.2, -0.15) is 0 Å². The van der Waals surface area contributed by atoms with Crippen molar-refractivity contribution in [2.45, 2.75) is 32.4 Å². The number of halogens is 1. The third kappa shape index (κ3) is 2.71. The zero-order chi connectivity index (χ0) is 16.7. The summed E-state index contributed by atoms with van der Waals surface area (Å²) in [6.07, 6.45) is 0.900. The molecule has 0 radical (unpaired) electrons. The van der Waals surface area contributed by atoms with E-state index >= 15 is 0 Å². The third-order valence-corrected chi connectivity index (χ3v) is 5.21. The normalized spacial score (nSPS) is 19.6. The molecule has 0 bridgehead atoms. The molecule has 5 nitrogen and oxygen atoms in total. The maximum absolute atomic E-state index is 4.18. The molecule has 0 aliphatic carbocycles. The Morgan fingerprint density at radius 2 is 1.96 bits per heavy atom. The quantitative estimate of drug-likeness (QED) is 0.720. The van der Waals surface area contributed by atoms with Crippen molar-refractivity contribution in [3.63, 3.8) is 0 Å². The number of aromatic nitrogens is 4. The van der Waals surface area contributed by atoms with Crippen molar-refractivity contribution >= 4 is 21.9 Å². The van der Waals surface area contributed by atoms with Gasteiger partial charge >= 0.3 is 0 Å². The molecule has 1 N–H and O–H groups in total. The second-order valence-corrected chi connectivity index (χ2v) is 7.21. The molecule has 1 aliphatic heterocycles. The van der Waals surface area contributed by atoms with Crippen LogP contribution in [-0.4, -0.2) is 20.2 Å². The Morgan fingerprint density at radius 3 is 2.75 bits per heavy atom. The summed E-state index contributed by atoms with van der Waals surface area (Å²) < 4.78 is 2.94. The van der Waals surface area contributed by atoms with Crippen LogP contribution < -0.4 is 5.32 Å². The summed E-state index contributed by atoms with van der Waals surface area (Å²) in [5.41, 5.74) is 5.09. The first-order valence-corrected chi connectivity index (χ1v) is 8.78. The van der Waals surface area contributed by atoms with Gasteiger partial charge in [-0.05, 0) is 65.1 Å². The van der Waals surface area contributed by atoms with Crippen LogP contribution in [0.4, 0.5) is 5.95 Å². The zero-order valence-electron chi connectivity index (χ0n) is 13.6. The number of nitrogens with zero attached hydrogens (tertiary/aromatic N) is 4. The van der Waals surface area contributed by atoms with Crippen molar-refractivity contribution in [2.24, 2.45) is 0 Å². The van der Waals surface area contributed by atoms with Crippen LogP contribution >= 0.6 is 15.9 Å². The summed E-state index contributed by atoms with van der Waals surface area (Å²) in [5.74, 6) is 0.717. The minimum absolute atomic E-state index is 0.111. The summed E-state index contributed by atoms with van der Waals surface area (Å²) >= 11 is 3.56. The lowest BCUT2D eigenvalue weighted by Gasteiger charge is -2.31. The van der Waals surface area contributed by atoms with Crippen molar-refractivity contribution in [3.05, 3.63) is 69.2 Å². The summed E-state index contributed by atoms with van der Waals surface area (Å²) in [4.78, 5) is 0. The molecule has 2 atom stereocenters. The average molecular weight is 384 g/mol. The molecular weight excluding hydrogens is 366 g/mol. The molecule has 0 saturated heterocycles. The van der Waals surface area contributed by atoms with Gasteiger partial charge in [0, 0.05) is 4.47 Å². The van der Waals surface area contributed by atoms with E-state index in [0.717, 1.165) is 16.8 Å². The van der Waals surface area contributed by atoms with Gasteiger partial charge < -0.3 is 5.32 Å². The van der Waals surface area contributed by atoms with Gasteiger partial charge in [-0.25, -0.2) is 4.68 Å². The highest BCUT2D eigenvalue weighted by Gasteiger charge is 2.30. The Hall–Kier alpha value is -2.21. The topological polar surface area (TPSA) is 55.6 Å². The number of rotatable bonds is 2. The number of nitrogens with one attached hydrogen (secondary N) is 1. The Balaban J connectivity index is 1.74. The fourth-order valence-electron chi connectivity index (χ4n) is 3.23. The van der Waals surface area contributed by atoms with E-state index in [-0.39, 0.29) is 12.1 Å². The lowest BCUT2D eigenvalue weighted by molar-refractivity contribution is 0.423. The zero-order valence-corrected chi connectivity index (χ0v) is 15.2. The van der Waals surface area contributed by atoms with Crippen molar-refractivity contribution in [1.29, 1.82) is 0 Å². The van der Waals surface area contributed by atoms with E-state index in [2.05, 4.69) is 87.0 Å². The standard InChI is InChI=1S/C18H18BrN5/c1-11-6-7-13(8-12(11)2)16-10-17(14-4-3-5-15(19)9-14)24-18(20-16)21-22-23-24/h3-9,16-17H,10H2,1-2H3,(H,20,21,23)/t16-,17+/m0/s1. The van der Waals surface area contributed by atoms with E-state index < -0.39 is 0 Å². The van der Waals surface area contributed by atoms with Gasteiger partial charge in [-0.3, -0.25) is 0 Å². The molecule has 24 heavy (non-hydrogen) atoms. The van der Waals surface area contributed by atoms with Gasteiger partial charge in [0.05, 0.1) is 12.1 Å². The predicted molar refractivity (Wildman–Crippen MR) is 97.0 cm³/mol. The monoisotopic (exact) mass is 383 g/mol. The van der Waals surface area contributed by atoms with Crippen LogP contribution in [-0.2, 0) is 0 Å². The third-order valence-electron chi connectivity index (χ3n) is 4.72. The number of hydrogen-bond acceptors (Lipinski definition) is 4. The lowest BCUT2D eigenvalue weighted by atomic mass is 9.92. The lowest BCUT2D eigenvalue weighted by Crippen LogP contribution is -2.28. The maximum atomic E-state index is 4.18. The predicted octanol–water partition coefficient (Wildman–Crippen LogP) is 4.20. The van der Waals surface area contributed by atoms with Crippen LogP contribution in [0.5, 0.6) is 0 Å². The number of hydrogen-bond donors (Lipinski definition) is 1. The number of fused-ring (bicyclic) bond motifs is 1. The first-order chi connectivity index (χ1) is 11.6. The maximum Gasteiger partial charge on any atom is 0.243 e. The number of tetrazole rings is 1. The minimum atomic E-state index is 0.111.